The topological polar surface area (TPSA) is 107 Å². The average Bonchev–Trinajstić information content (AvgIpc) is 3.60. The molecule has 1 aliphatic heterocycles. The minimum atomic E-state index is -0.194. The standard InChI is InChI=1S/C18H22N6O.C10H13NO2.C2H6/c1-12-10-21-16-6-7-17(22-24(12)16)23-11-13(19-2)9-14(23)18-15(25-3)5-4-8-20-18;1-4-11-8(3)7(2)5-9(6-12)10(11)13;1-2/h4-8,10,13-14,19H,9,11H2,1-3H3;5-6H,4H2,1-3H3;1-2H3/t13-,14-;;/m0../s1. The van der Waals surface area contributed by atoms with Gasteiger partial charge in [0.25, 0.3) is 5.56 Å². The molecule has 0 bridgehead atoms. The number of imidazole rings is 1. The maximum Gasteiger partial charge on any atom is 0.261 e. The molecule has 0 radical (unpaired) electrons. The highest BCUT2D eigenvalue weighted by molar-refractivity contribution is 5.74. The van der Waals surface area contributed by atoms with Gasteiger partial charge in [-0.1, -0.05) is 13.8 Å². The van der Waals surface area contributed by atoms with Gasteiger partial charge in [0.15, 0.2) is 11.9 Å². The number of aryl methyl sites for hydroxylation is 2. The summed E-state index contributed by atoms with van der Waals surface area (Å²) in [5.41, 5.74) is 4.78. The Morgan fingerprint density at radius 3 is 2.55 bits per heavy atom. The first-order valence-electron chi connectivity index (χ1n) is 13.7. The predicted molar refractivity (Wildman–Crippen MR) is 159 cm³/mol. The molecule has 0 aliphatic carbocycles. The fourth-order valence-corrected chi connectivity index (χ4v) is 4.90. The fourth-order valence-electron chi connectivity index (χ4n) is 4.90. The molecule has 0 aromatic carbocycles. The van der Waals surface area contributed by atoms with E-state index in [0.29, 0.717) is 18.9 Å². The number of ether oxygens (including phenoxy) is 1. The normalized spacial score (nSPS) is 16.1. The number of pyridine rings is 2. The Kier molecular flexibility index (Phi) is 10.6. The molecule has 0 spiro atoms. The van der Waals surface area contributed by atoms with E-state index in [1.165, 1.54) is 0 Å². The number of hydrogen-bond acceptors (Lipinski definition) is 8. The van der Waals surface area contributed by atoms with Gasteiger partial charge in [0.2, 0.25) is 0 Å². The molecular formula is C30H41N7O3. The van der Waals surface area contributed by atoms with Crippen LogP contribution in [0.4, 0.5) is 5.82 Å². The number of aldehydes is 1. The predicted octanol–water partition coefficient (Wildman–Crippen LogP) is 4.30. The molecule has 10 nitrogen and oxygen atoms in total. The molecule has 0 unspecified atom stereocenters. The Morgan fingerprint density at radius 2 is 1.90 bits per heavy atom. The number of nitrogens with one attached hydrogen (secondary N) is 1. The second kappa shape index (κ2) is 13.8. The summed E-state index contributed by atoms with van der Waals surface area (Å²) in [7, 11) is 3.69. The molecule has 4 aromatic heterocycles. The van der Waals surface area contributed by atoms with Gasteiger partial charge in [-0.15, -0.1) is 5.10 Å². The van der Waals surface area contributed by atoms with Crippen LogP contribution < -0.4 is 20.5 Å². The number of likely N-dealkylation sites (N-methyl/N-ethyl adjacent to an activating group) is 1. The summed E-state index contributed by atoms with van der Waals surface area (Å²) in [6, 6.07) is 10.0. The van der Waals surface area contributed by atoms with Gasteiger partial charge in [0, 0.05) is 31.0 Å². The second-order valence-electron chi connectivity index (χ2n) is 9.38. The number of fused-ring (bicyclic) bond motifs is 1. The Bertz CT molecular complexity index is 1490. The van der Waals surface area contributed by atoms with E-state index in [1.54, 1.807) is 17.7 Å². The summed E-state index contributed by atoms with van der Waals surface area (Å²) < 4.78 is 9.04. The molecule has 5 heterocycles. The number of nitrogens with zero attached hydrogens (tertiary/aromatic N) is 6. The van der Waals surface area contributed by atoms with Crippen molar-refractivity contribution in [2.45, 2.75) is 66.6 Å². The van der Waals surface area contributed by atoms with Crippen LogP contribution in [0, 0.1) is 20.8 Å². The van der Waals surface area contributed by atoms with Crippen molar-refractivity contribution < 1.29 is 9.53 Å². The fraction of sp³-hybridized carbons (Fsp3) is 0.433. The number of hydrogen-bond donors (Lipinski definition) is 1. The summed E-state index contributed by atoms with van der Waals surface area (Å²) >= 11 is 0. The molecule has 10 heteroatoms. The Hall–Kier alpha value is -4.05. The van der Waals surface area contributed by atoms with Crippen LogP contribution in [0.3, 0.4) is 0 Å². The third-order valence-corrected chi connectivity index (χ3v) is 7.14. The molecule has 0 amide bonds. The molecule has 5 rings (SSSR count). The van der Waals surface area contributed by atoms with Crippen molar-refractivity contribution in [1.82, 2.24) is 29.5 Å². The molecule has 4 aromatic rings. The minimum absolute atomic E-state index is 0.113. The van der Waals surface area contributed by atoms with Crippen LogP contribution in [0.25, 0.3) is 5.65 Å². The van der Waals surface area contributed by atoms with E-state index in [-0.39, 0.29) is 17.2 Å². The van der Waals surface area contributed by atoms with Crippen LogP contribution in [-0.4, -0.2) is 57.2 Å². The van der Waals surface area contributed by atoms with Gasteiger partial charge < -0.3 is 19.5 Å². The highest BCUT2D eigenvalue weighted by Crippen LogP contribution is 2.38. The number of carbonyl (C=O) groups is 1. The molecule has 1 fully saturated rings. The number of rotatable bonds is 6. The Labute approximate surface area is 236 Å². The van der Waals surface area contributed by atoms with Crippen LogP contribution in [-0.2, 0) is 6.54 Å². The lowest BCUT2D eigenvalue weighted by atomic mass is 10.1. The summed E-state index contributed by atoms with van der Waals surface area (Å²) in [6.45, 7) is 13.2. The van der Waals surface area contributed by atoms with E-state index >= 15 is 0 Å². The maximum absolute atomic E-state index is 11.5. The lowest BCUT2D eigenvalue weighted by Gasteiger charge is -2.26. The molecule has 0 saturated carbocycles. The number of aromatic nitrogens is 5. The highest BCUT2D eigenvalue weighted by Gasteiger charge is 2.36. The van der Waals surface area contributed by atoms with Gasteiger partial charge in [-0.25, -0.2) is 9.50 Å². The lowest BCUT2D eigenvalue weighted by molar-refractivity contribution is 0.112. The molecule has 1 N–H and O–H groups in total. The molecule has 2 atom stereocenters. The van der Waals surface area contributed by atoms with Crippen molar-refractivity contribution in [3.05, 3.63) is 81.3 Å². The average molecular weight is 548 g/mol. The van der Waals surface area contributed by atoms with Crippen LogP contribution in [0.5, 0.6) is 5.75 Å². The Morgan fingerprint density at radius 1 is 1.15 bits per heavy atom. The first-order valence-corrected chi connectivity index (χ1v) is 13.7. The summed E-state index contributed by atoms with van der Waals surface area (Å²) in [6.07, 6.45) is 5.22. The monoisotopic (exact) mass is 547 g/mol. The quantitative estimate of drug-likeness (QED) is 0.356. The third-order valence-electron chi connectivity index (χ3n) is 7.14. The number of anilines is 1. The van der Waals surface area contributed by atoms with Crippen LogP contribution in [0.2, 0.25) is 0 Å². The first kappa shape index (κ1) is 30.5. The Balaban J connectivity index is 0.000000249. The summed E-state index contributed by atoms with van der Waals surface area (Å²) in [5, 5.41) is 8.19. The van der Waals surface area contributed by atoms with Crippen molar-refractivity contribution in [2.24, 2.45) is 0 Å². The molecule has 40 heavy (non-hydrogen) atoms. The smallest absolute Gasteiger partial charge is 0.261 e. The highest BCUT2D eigenvalue weighted by atomic mass is 16.5. The van der Waals surface area contributed by atoms with E-state index < -0.39 is 0 Å². The first-order chi connectivity index (χ1) is 19.3. The van der Waals surface area contributed by atoms with Gasteiger partial charge in [-0.05, 0) is 77.1 Å². The molecular weight excluding hydrogens is 506 g/mol. The van der Waals surface area contributed by atoms with Crippen molar-refractivity contribution in [3.63, 3.8) is 0 Å². The van der Waals surface area contributed by atoms with Crippen molar-refractivity contribution >= 4 is 17.8 Å². The number of carbonyl (C=O) groups excluding carboxylic acids is 1. The second-order valence-corrected chi connectivity index (χ2v) is 9.38. The minimum Gasteiger partial charge on any atom is -0.495 e. The largest absolute Gasteiger partial charge is 0.495 e. The van der Waals surface area contributed by atoms with Crippen molar-refractivity contribution in [2.75, 3.05) is 25.6 Å². The molecule has 214 valence electrons. The van der Waals surface area contributed by atoms with Gasteiger partial charge in [0.1, 0.15) is 17.3 Å². The molecule has 1 saturated heterocycles. The molecule has 1 aliphatic rings. The lowest BCUT2D eigenvalue weighted by Crippen LogP contribution is -2.30. The van der Waals surface area contributed by atoms with E-state index in [4.69, 9.17) is 9.84 Å². The van der Waals surface area contributed by atoms with Crippen LogP contribution >= 0.6 is 0 Å². The summed E-state index contributed by atoms with van der Waals surface area (Å²) in [4.78, 5) is 33.3. The van der Waals surface area contributed by atoms with Crippen molar-refractivity contribution in [1.29, 1.82) is 0 Å². The van der Waals surface area contributed by atoms with Gasteiger partial charge in [0.05, 0.1) is 30.6 Å². The van der Waals surface area contributed by atoms with E-state index in [2.05, 4.69) is 20.2 Å². The van der Waals surface area contributed by atoms with Gasteiger partial charge >= 0.3 is 0 Å². The zero-order valence-corrected chi connectivity index (χ0v) is 24.8. The van der Waals surface area contributed by atoms with E-state index in [0.717, 1.165) is 52.8 Å². The van der Waals surface area contributed by atoms with Crippen LogP contribution in [0.15, 0.2) is 47.5 Å². The SMILES string of the molecule is CC.CCn1c(C)c(C)cc(C=O)c1=O.CN[C@H]1C[C@@H](c2ncccc2OC)N(c2ccc3ncc(C)n3n2)C1. The zero-order valence-electron chi connectivity index (χ0n) is 24.8. The third kappa shape index (κ3) is 6.22. The number of methoxy groups -OCH3 is 1. The van der Waals surface area contributed by atoms with Gasteiger partial charge in [-0.3, -0.25) is 14.6 Å². The van der Waals surface area contributed by atoms with Crippen molar-refractivity contribution in [3.8, 4) is 5.75 Å². The van der Waals surface area contributed by atoms with Gasteiger partial charge in [-0.2, -0.15) is 0 Å². The summed E-state index contributed by atoms with van der Waals surface area (Å²) in [5.74, 6) is 1.73. The van der Waals surface area contributed by atoms with E-state index in [1.807, 2.05) is 89.8 Å². The zero-order chi connectivity index (χ0) is 29.4. The van der Waals surface area contributed by atoms with E-state index in [9.17, 15) is 9.59 Å². The maximum atomic E-state index is 11.5. The van der Waals surface area contributed by atoms with Crippen LogP contribution in [0.1, 0.15) is 66.2 Å².